The lowest BCUT2D eigenvalue weighted by atomic mass is 9.69. The maximum atomic E-state index is 6.32. The highest BCUT2D eigenvalue weighted by molar-refractivity contribution is 5.03. The average Bonchev–Trinajstić information content (AvgIpc) is 2.99. The topological polar surface area (TPSA) is 32.5 Å². The summed E-state index contributed by atoms with van der Waals surface area (Å²) >= 11 is 0. The normalized spacial score (nSPS) is 43.3. The molecule has 1 saturated carbocycles. The molecular weight excluding hydrogens is 258 g/mol. The first-order valence-corrected chi connectivity index (χ1v) is 9.35. The van der Waals surface area contributed by atoms with Gasteiger partial charge in [-0.15, -0.1) is 0 Å². The molecule has 3 heteroatoms. The fourth-order valence-electron chi connectivity index (χ4n) is 5.31. The van der Waals surface area contributed by atoms with Crippen molar-refractivity contribution in [3.05, 3.63) is 0 Å². The number of nitrogens with two attached hydrogens (primary N) is 1. The molecule has 2 heterocycles. The van der Waals surface area contributed by atoms with Crippen LogP contribution in [0.15, 0.2) is 0 Å². The minimum Gasteiger partial charge on any atom is -0.329 e. The Bertz CT molecular complexity index is 339. The van der Waals surface area contributed by atoms with Crippen molar-refractivity contribution in [3.8, 4) is 0 Å². The lowest BCUT2D eigenvalue weighted by molar-refractivity contribution is 0.0103. The minimum atomic E-state index is 0.303. The van der Waals surface area contributed by atoms with Crippen LogP contribution in [0.4, 0.5) is 0 Å². The zero-order chi connectivity index (χ0) is 14.9. The van der Waals surface area contributed by atoms with Crippen LogP contribution < -0.4 is 5.73 Å². The molecule has 2 aliphatic heterocycles. The molecule has 21 heavy (non-hydrogen) atoms. The molecule has 2 saturated heterocycles. The molecule has 1 aliphatic carbocycles. The summed E-state index contributed by atoms with van der Waals surface area (Å²) in [5.74, 6) is 1.64. The second-order valence-corrected chi connectivity index (χ2v) is 8.07. The van der Waals surface area contributed by atoms with Gasteiger partial charge in [-0.05, 0) is 63.5 Å². The van der Waals surface area contributed by atoms with Crippen LogP contribution in [0.2, 0.25) is 0 Å². The van der Waals surface area contributed by atoms with Crippen molar-refractivity contribution in [3.63, 3.8) is 0 Å². The summed E-state index contributed by atoms with van der Waals surface area (Å²) in [5.41, 5.74) is 6.63. The summed E-state index contributed by atoms with van der Waals surface area (Å²) in [4.78, 5) is 5.56. The van der Waals surface area contributed by atoms with Crippen LogP contribution in [-0.4, -0.2) is 54.1 Å². The number of hydrogen-bond acceptors (Lipinski definition) is 3. The van der Waals surface area contributed by atoms with Crippen LogP contribution in [0.25, 0.3) is 0 Å². The number of rotatable bonds is 3. The minimum absolute atomic E-state index is 0.303. The Morgan fingerprint density at radius 3 is 2.48 bits per heavy atom. The van der Waals surface area contributed by atoms with E-state index in [2.05, 4.69) is 23.6 Å². The Balaban J connectivity index is 1.65. The van der Waals surface area contributed by atoms with Gasteiger partial charge >= 0.3 is 0 Å². The molecule has 4 atom stereocenters. The first-order chi connectivity index (χ1) is 10.2. The van der Waals surface area contributed by atoms with Gasteiger partial charge in [-0.2, -0.15) is 0 Å². The Kier molecular flexibility index (Phi) is 4.92. The summed E-state index contributed by atoms with van der Waals surface area (Å²) in [6, 6.07) is 0.806. The van der Waals surface area contributed by atoms with E-state index in [1.54, 1.807) is 0 Å². The van der Waals surface area contributed by atoms with Gasteiger partial charge in [0.2, 0.25) is 0 Å². The van der Waals surface area contributed by atoms with E-state index in [0.717, 1.165) is 24.4 Å². The van der Waals surface area contributed by atoms with Crippen LogP contribution in [0.1, 0.15) is 58.8 Å². The smallest absolute Gasteiger partial charge is 0.0358 e. The van der Waals surface area contributed by atoms with Crippen molar-refractivity contribution < 1.29 is 0 Å². The van der Waals surface area contributed by atoms with Crippen molar-refractivity contribution in [1.82, 2.24) is 9.80 Å². The molecule has 0 spiro atoms. The lowest BCUT2D eigenvalue weighted by Gasteiger charge is -2.50. The molecule has 0 aromatic carbocycles. The van der Waals surface area contributed by atoms with Gasteiger partial charge in [-0.3, -0.25) is 9.80 Å². The van der Waals surface area contributed by atoms with Gasteiger partial charge in [0.25, 0.3) is 0 Å². The number of piperidine rings is 1. The van der Waals surface area contributed by atoms with Crippen molar-refractivity contribution >= 4 is 0 Å². The number of likely N-dealkylation sites (tertiary alicyclic amines) is 2. The Labute approximate surface area is 131 Å². The largest absolute Gasteiger partial charge is 0.329 e. The van der Waals surface area contributed by atoms with Crippen molar-refractivity contribution in [1.29, 1.82) is 0 Å². The van der Waals surface area contributed by atoms with Gasteiger partial charge in [0.1, 0.15) is 0 Å². The van der Waals surface area contributed by atoms with Crippen molar-refractivity contribution in [2.45, 2.75) is 70.4 Å². The van der Waals surface area contributed by atoms with Crippen molar-refractivity contribution in [2.75, 3.05) is 32.7 Å². The first kappa shape index (κ1) is 15.8. The SMILES string of the molecule is CC1CCC(CN)(N2CCC(N3CCCCC3)C2)C(C)C1. The average molecular weight is 293 g/mol. The summed E-state index contributed by atoms with van der Waals surface area (Å²) in [6.07, 6.45) is 9.67. The summed E-state index contributed by atoms with van der Waals surface area (Å²) in [6.45, 7) is 10.9. The molecule has 0 bridgehead atoms. The van der Waals surface area contributed by atoms with E-state index < -0.39 is 0 Å². The molecule has 0 radical (unpaired) electrons. The Hall–Kier alpha value is -0.120. The van der Waals surface area contributed by atoms with Crippen LogP contribution in [0.5, 0.6) is 0 Å². The van der Waals surface area contributed by atoms with Gasteiger partial charge in [-0.25, -0.2) is 0 Å². The molecule has 2 N–H and O–H groups in total. The third-order valence-corrected chi connectivity index (χ3v) is 6.80. The van der Waals surface area contributed by atoms with Crippen molar-refractivity contribution in [2.24, 2.45) is 17.6 Å². The predicted octanol–water partition coefficient (Wildman–Crippen LogP) is 2.70. The van der Waals surface area contributed by atoms with E-state index in [1.807, 2.05) is 0 Å². The highest BCUT2D eigenvalue weighted by atomic mass is 15.3. The number of nitrogens with zero attached hydrogens (tertiary/aromatic N) is 2. The molecule has 3 nitrogen and oxygen atoms in total. The van der Waals surface area contributed by atoms with Crippen LogP contribution >= 0.6 is 0 Å². The van der Waals surface area contributed by atoms with Crippen LogP contribution in [-0.2, 0) is 0 Å². The monoisotopic (exact) mass is 293 g/mol. The molecule has 122 valence electrons. The molecule has 0 aromatic rings. The summed E-state index contributed by atoms with van der Waals surface area (Å²) in [7, 11) is 0. The molecule has 3 fully saturated rings. The Morgan fingerprint density at radius 1 is 1.05 bits per heavy atom. The third-order valence-electron chi connectivity index (χ3n) is 6.80. The van der Waals surface area contributed by atoms with Crippen LogP contribution in [0.3, 0.4) is 0 Å². The second-order valence-electron chi connectivity index (χ2n) is 8.07. The molecular formula is C18H35N3. The zero-order valence-electron chi connectivity index (χ0n) is 14.2. The van der Waals surface area contributed by atoms with E-state index in [9.17, 15) is 0 Å². The fraction of sp³-hybridized carbons (Fsp3) is 1.00. The van der Waals surface area contributed by atoms with Gasteiger partial charge < -0.3 is 5.73 Å². The van der Waals surface area contributed by atoms with Gasteiger partial charge in [0.05, 0.1) is 0 Å². The highest BCUT2D eigenvalue weighted by Crippen LogP contribution is 2.42. The highest BCUT2D eigenvalue weighted by Gasteiger charge is 2.46. The maximum Gasteiger partial charge on any atom is 0.0358 e. The predicted molar refractivity (Wildman–Crippen MR) is 89.4 cm³/mol. The fourth-order valence-corrected chi connectivity index (χ4v) is 5.31. The summed E-state index contributed by atoms with van der Waals surface area (Å²) < 4.78 is 0. The zero-order valence-corrected chi connectivity index (χ0v) is 14.2. The van der Waals surface area contributed by atoms with E-state index in [1.165, 1.54) is 71.1 Å². The molecule has 4 unspecified atom stereocenters. The van der Waals surface area contributed by atoms with Gasteiger partial charge in [-0.1, -0.05) is 20.3 Å². The molecule has 3 rings (SSSR count). The second kappa shape index (κ2) is 6.55. The van der Waals surface area contributed by atoms with E-state index in [-0.39, 0.29) is 0 Å². The molecule has 0 aromatic heterocycles. The van der Waals surface area contributed by atoms with Gasteiger partial charge in [0.15, 0.2) is 0 Å². The maximum absolute atomic E-state index is 6.32. The molecule has 3 aliphatic rings. The van der Waals surface area contributed by atoms with Gasteiger partial charge in [0, 0.05) is 31.2 Å². The summed E-state index contributed by atoms with van der Waals surface area (Å²) in [5, 5.41) is 0. The first-order valence-electron chi connectivity index (χ1n) is 9.35. The molecule has 0 amide bonds. The third kappa shape index (κ3) is 3.02. The Morgan fingerprint density at radius 2 is 1.81 bits per heavy atom. The van der Waals surface area contributed by atoms with E-state index in [0.29, 0.717) is 5.54 Å². The van der Waals surface area contributed by atoms with E-state index in [4.69, 9.17) is 5.73 Å². The lowest BCUT2D eigenvalue weighted by Crippen LogP contribution is -2.59. The quantitative estimate of drug-likeness (QED) is 0.868. The van der Waals surface area contributed by atoms with E-state index >= 15 is 0 Å². The van der Waals surface area contributed by atoms with Crippen LogP contribution in [0, 0.1) is 11.8 Å². The number of hydrogen-bond donors (Lipinski definition) is 1. The standard InChI is InChI=1S/C18H35N3/c1-15-6-8-18(14-19,16(2)12-15)21-11-7-17(13-21)20-9-4-3-5-10-20/h15-17H,3-14,19H2,1-2H3.